The van der Waals surface area contributed by atoms with Crippen molar-refractivity contribution in [2.45, 2.75) is 25.4 Å². The maximum Gasteiger partial charge on any atom is 0.251 e. The van der Waals surface area contributed by atoms with Crippen LogP contribution in [-0.4, -0.2) is 23.2 Å². The first-order valence-electron chi connectivity index (χ1n) is 7.20. The molecule has 2 aromatic rings. The van der Waals surface area contributed by atoms with Gasteiger partial charge in [0, 0.05) is 24.9 Å². The second-order valence-electron chi connectivity index (χ2n) is 5.90. The summed E-state index contributed by atoms with van der Waals surface area (Å²) in [6, 6.07) is 15.5. The fraction of sp³-hybridized carbons (Fsp3) is 0.278. The minimum atomic E-state index is -0.871. The van der Waals surface area contributed by atoms with Crippen LogP contribution in [0.3, 0.4) is 0 Å². The van der Waals surface area contributed by atoms with E-state index < -0.39 is 5.60 Å². The van der Waals surface area contributed by atoms with Crippen molar-refractivity contribution >= 4 is 5.91 Å². The first-order chi connectivity index (χ1) is 10.1. The SMILES string of the molecule is Cc1ccc(C(=O)NCC2(O)Cc3ccccc3C2)cc1. The van der Waals surface area contributed by atoms with Crippen LogP contribution in [0.25, 0.3) is 0 Å². The van der Waals surface area contributed by atoms with E-state index in [4.69, 9.17) is 0 Å². The number of nitrogens with one attached hydrogen (secondary N) is 1. The zero-order valence-electron chi connectivity index (χ0n) is 12.1. The number of carbonyl (C=O) groups excluding carboxylic acids is 1. The van der Waals surface area contributed by atoms with Crippen LogP contribution in [-0.2, 0) is 12.8 Å². The highest BCUT2D eigenvalue weighted by Crippen LogP contribution is 2.29. The zero-order chi connectivity index (χ0) is 14.9. The van der Waals surface area contributed by atoms with E-state index in [1.54, 1.807) is 12.1 Å². The fourth-order valence-electron chi connectivity index (χ4n) is 2.85. The van der Waals surface area contributed by atoms with E-state index in [1.807, 2.05) is 43.3 Å². The third-order valence-electron chi connectivity index (χ3n) is 4.05. The van der Waals surface area contributed by atoms with Crippen LogP contribution in [0.5, 0.6) is 0 Å². The van der Waals surface area contributed by atoms with Gasteiger partial charge in [0.15, 0.2) is 0 Å². The molecule has 0 unspecified atom stereocenters. The van der Waals surface area contributed by atoms with Crippen LogP contribution < -0.4 is 5.32 Å². The quantitative estimate of drug-likeness (QED) is 0.906. The summed E-state index contributed by atoms with van der Waals surface area (Å²) in [4.78, 5) is 12.1. The van der Waals surface area contributed by atoms with Gasteiger partial charge < -0.3 is 10.4 Å². The molecular formula is C18H19NO2. The largest absolute Gasteiger partial charge is 0.387 e. The van der Waals surface area contributed by atoms with Crippen molar-refractivity contribution in [1.29, 1.82) is 0 Å². The third kappa shape index (κ3) is 2.98. The van der Waals surface area contributed by atoms with E-state index in [0.717, 1.165) is 5.56 Å². The number of fused-ring (bicyclic) bond motifs is 1. The maximum atomic E-state index is 12.1. The number of carbonyl (C=O) groups is 1. The summed E-state index contributed by atoms with van der Waals surface area (Å²) in [7, 11) is 0. The zero-order valence-corrected chi connectivity index (χ0v) is 12.1. The molecule has 0 atom stereocenters. The molecule has 0 heterocycles. The Balaban J connectivity index is 1.63. The predicted octanol–water partition coefficient (Wildman–Crippen LogP) is 2.25. The van der Waals surface area contributed by atoms with E-state index in [1.165, 1.54) is 11.1 Å². The van der Waals surface area contributed by atoms with Crippen molar-refractivity contribution in [3.05, 3.63) is 70.8 Å². The Morgan fingerprint density at radius 3 is 2.24 bits per heavy atom. The average Bonchev–Trinajstić information content (AvgIpc) is 2.82. The second kappa shape index (κ2) is 5.34. The summed E-state index contributed by atoms with van der Waals surface area (Å²) < 4.78 is 0. The Kier molecular flexibility index (Phi) is 3.52. The van der Waals surface area contributed by atoms with Crippen molar-refractivity contribution in [2.75, 3.05) is 6.54 Å². The minimum absolute atomic E-state index is 0.139. The van der Waals surface area contributed by atoms with Gasteiger partial charge in [-0.05, 0) is 30.2 Å². The number of aliphatic hydroxyl groups is 1. The van der Waals surface area contributed by atoms with Crippen LogP contribution in [0, 0.1) is 6.92 Å². The lowest BCUT2D eigenvalue weighted by Crippen LogP contribution is -2.43. The van der Waals surface area contributed by atoms with Crippen LogP contribution in [0.2, 0.25) is 0 Å². The summed E-state index contributed by atoms with van der Waals surface area (Å²) in [6.07, 6.45) is 1.19. The fourth-order valence-corrected chi connectivity index (χ4v) is 2.85. The first kappa shape index (κ1) is 13.8. The van der Waals surface area contributed by atoms with E-state index in [-0.39, 0.29) is 12.5 Å². The lowest BCUT2D eigenvalue weighted by Gasteiger charge is -2.22. The first-order valence-corrected chi connectivity index (χ1v) is 7.20. The second-order valence-corrected chi connectivity index (χ2v) is 5.90. The van der Waals surface area contributed by atoms with Gasteiger partial charge in [0.2, 0.25) is 0 Å². The van der Waals surface area contributed by atoms with Gasteiger partial charge in [0.05, 0.1) is 5.60 Å². The molecule has 1 aliphatic carbocycles. The van der Waals surface area contributed by atoms with Crippen LogP contribution >= 0.6 is 0 Å². The molecule has 21 heavy (non-hydrogen) atoms. The number of amides is 1. The van der Waals surface area contributed by atoms with Crippen LogP contribution in [0.1, 0.15) is 27.0 Å². The Morgan fingerprint density at radius 2 is 1.67 bits per heavy atom. The Hall–Kier alpha value is -2.13. The van der Waals surface area contributed by atoms with E-state index >= 15 is 0 Å². The molecule has 0 saturated heterocycles. The Bertz CT molecular complexity index is 636. The molecular weight excluding hydrogens is 262 g/mol. The van der Waals surface area contributed by atoms with Gasteiger partial charge in [0.25, 0.3) is 5.91 Å². The van der Waals surface area contributed by atoms with E-state index in [2.05, 4.69) is 5.32 Å². The van der Waals surface area contributed by atoms with E-state index in [9.17, 15) is 9.90 Å². The monoisotopic (exact) mass is 281 g/mol. The molecule has 1 aliphatic rings. The number of aryl methyl sites for hydroxylation is 1. The molecule has 0 bridgehead atoms. The van der Waals surface area contributed by atoms with Gasteiger partial charge in [-0.2, -0.15) is 0 Å². The summed E-state index contributed by atoms with van der Waals surface area (Å²) in [6.45, 7) is 2.26. The van der Waals surface area contributed by atoms with Crippen molar-refractivity contribution in [2.24, 2.45) is 0 Å². The Labute approximate surface area is 124 Å². The van der Waals surface area contributed by atoms with Crippen LogP contribution in [0.15, 0.2) is 48.5 Å². The standard InChI is InChI=1S/C18H19NO2/c1-13-6-8-14(9-7-13)17(20)19-12-18(21)10-15-4-2-3-5-16(15)11-18/h2-9,21H,10-12H2,1H3,(H,19,20). The van der Waals surface area contributed by atoms with Crippen molar-refractivity contribution in [3.8, 4) is 0 Å². The molecule has 3 rings (SSSR count). The van der Waals surface area contributed by atoms with Gasteiger partial charge in [-0.15, -0.1) is 0 Å². The Morgan fingerprint density at radius 1 is 1.10 bits per heavy atom. The molecule has 2 N–H and O–H groups in total. The maximum absolute atomic E-state index is 12.1. The predicted molar refractivity (Wildman–Crippen MR) is 82.3 cm³/mol. The molecule has 0 radical (unpaired) electrons. The number of benzene rings is 2. The van der Waals surface area contributed by atoms with Gasteiger partial charge in [0.1, 0.15) is 0 Å². The molecule has 0 saturated carbocycles. The lowest BCUT2D eigenvalue weighted by molar-refractivity contribution is 0.0480. The molecule has 0 fully saturated rings. The highest BCUT2D eigenvalue weighted by Gasteiger charge is 2.35. The highest BCUT2D eigenvalue weighted by atomic mass is 16.3. The van der Waals surface area contributed by atoms with Crippen molar-refractivity contribution < 1.29 is 9.90 Å². The molecule has 108 valence electrons. The summed E-state index contributed by atoms with van der Waals surface area (Å²) in [5.41, 5.74) is 3.22. The molecule has 3 nitrogen and oxygen atoms in total. The smallest absolute Gasteiger partial charge is 0.251 e. The van der Waals surface area contributed by atoms with Gasteiger partial charge >= 0.3 is 0 Å². The van der Waals surface area contributed by atoms with Gasteiger partial charge in [-0.1, -0.05) is 42.0 Å². The summed E-state index contributed by atoms with van der Waals surface area (Å²) in [5, 5.41) is 13.5. The van der Waals surface area contributed by atoms with Gasteiger partial charge in [-0.25, -0.2) is 0 Å². The topological polar surface area (TPSA) is 49.3 Å². The average molecular weight is 281 g/mol. The summed E-state index contributed by atoms with van der Waals surface area (Å²) in [5.74, 6) is -0.139. The van der Waals surface area contributed by atoms with Gasteiger partial charge in [-0.3, -0.25) is 4.79 Å². The third-order valence-corrected chi connectivity index (χ3v) is 4.05. The molecule has 2 aromatic carbocycles. The number of hydrogen-bond donors (Lipinski definition) is 2. The highest BCUT2D eigenvalue weighted by molar-refractivity contribution is 5.94. The number of hydrogen-bond acceptors (Lipinski definition) is 2. The molecule has 0 aromatic heterocycles. The minimum Gasteiger partial charge on any atom is -0.387 e. The van der Waals surface area contributed by atoms with E-state index in [0.29, 0.717) is 18.4 Å². The normalized spacial score (nSPS) is 15.5. The molecule has 0 aliphatic heterocycles. The molecule has 3 heteroatoms. The molecule has 0 spiro atoms. The lowest BCUT2D eigenvalue weighted by atomic mass is 10.0. The van der Waals surface area contributed by atoms with Crippen molar-refractivity contribution in [1.82, 2.24) is 5.32 Å². The van der Waals surface area contributed by atoms with Crippen molar-refractivity contribution in [3.63, 3.8) is 0 Å². The van der Waals surface area contributed by atoms with Crippen LogP contribution in [0.4, 0.5) is 0 Å². The molecule has 1 amide bonds. The number of rotatable bonds is 3. The summed E-state index contributed by atoms with van der Waals surface area (Å²) >= 11 is 0.